The highest BCUT2D eigenvalue weighted by Crippen LogP contribution is 2.36. The van der Waals surface area contributed by atoms with E-state index in [1.54, 1.807) is 0 Å². The molecule has 4 atom stereocenters. The van der Waals surface area contributed by atoms with Gasteiger partial charge in [-0.1, -0.05) is 6.07 Å². The number of amides is 1. The van der Waals surface area contributed by atoms with E-state index < -0.39 is 64.7 Å². The molecule has 4 rings (SSSR count). The van der Waals surface area contributed by atoms with Gasteiger partial charge in [-0.25, -0.2) is 18.2 Å². The Bertz CT molecular complexity index is 1330. The number of carbonyl (C=O) groups excluding carboxylic acids is 1. The highest BCUT2D eigenvalue weighted by atomic mass is 19.1. The van der Waals surface area contributed by atoms with Crippen LogP contribution in [0.15, 0.2) is 42.7 Å². The Morgan fingerprint density at radius 2 is 1.94 bits per heavy atom. The van der Waals surface area contributed by atoms with Gasteiger partial charge in [0.1, 0.15) is 23.4 Å². The minimum atomic E-state index is -1.26. The molecule has 0 aliphatic carbocycles. The van der Waals surface area contributed by atoms with Crippen LogP contribution in [0.4, 0.5) is 24.5 Å². The summed E-state index contributed by atoms with van der Waals surface area (Å²) in [6.07, 6.45) is -1.75. The van der Waals surface area contributed by atoms with Crippen molar-refractivity contribution in [3.05, 3.63) is 71.4 Å². The second-order valence-corrected chi connectivity index (χ2v) is 8.09. The molecule has 12 heteroatoms. The summed E-state index contributed by atoms with van der Waals surface area (Å²) in [7, 11) is 0. The van der Waals surface area contributed by atoms with Crippen LogP contribution in [-0.2, 0) is 4.74 Å². The number of nitrogens with zero attached hydrogens (tertiary/aromatic N) is 3. The van der Waals surface area contributed by atoms with Crippen LogP contribution in [0.25, 0.3) is 11.3 Å². The maximum atomic E-state index is 14.5. The number of benzene rings is 1. The molecule has 4 unspecified atom stereocenters. The van der Waals surface area contributed by atoms with E-state index in [-0.39, 0.29) is 24.2 Å². The van der Waals surface area contributed by atoms with Gasteiger partial charge in [0.05, 0.1) is 53.9 Å². The molecule has 5 N–H and O–H groups in total. The Kier molecular flexibility index (Phi) is 7.16. The van der Waals surface area contributed by atoms with Gasteiger partial charge in [-0.3, -0.25) is 9.78 Å². The van der Waals surface area contributed by atoms with Gasteiger partial charge in [0.15, 0.2) is 11.5 Å². The van der Waals surface area contributed by atoms with Crippen molar-refractivity contribution in [2.75, 3.05) is 11.1 Å². The lowest BCUT2D eigenvalue weighted by atomic mass is 9.92. The Hall–Kier alpha value is -4.05. The van der Waals surface area contributed by atoms with Crippen molar-refractivity contribution in [3.8, 4) is 17.3 Å². The summed E-state index contributed by atoms with van der Waals surface area (Å²) in [6, 6.07) is 7.08. The molecule has 0 bridgehead atoms. The van der Waals surface area contributed by atoms with E-state index in [9.17, 15) is 28.2 Å². The number of hydrogen-bond donors (Lipinski definition) is 4. The summed E-state index contributed by atoms with van der Waals surface area (Å²) in [5.74, 6) is -4.20. The molecule has 1 saturated heterocycles. The van der Waals surface area contributed by atoms with Crippen molar-refractivity contribution >= 4 is 17.3 Å². The lowest BCUT2D eigenvalue weighted by Gasteiger charge is -2.37. The van der Waals surface area contributed by atoms with Gasteiger partial charge in [-0.15, -0.1) is 0 Å². The number of anilines is 2. The average Bonchev–Trinajstić information content (AvgIpc) is 2.83. The van der Waals surface area contributed by atoms with Gasteiger partial charge < -0.3 is 26.0 Å². The first-order chi connectivity index (χ1) is 17.2. The molecule has 2 aromatic heterocycles. The van der Waals surface area contributed by atoms with Gasteiger partial charge in [0.25, 0.3) is 5.91 Å². The first-order valence-corrected chi connectivity index (χ1v) is 10.8. The van der Waals surface area contributed by atoms with Crippen LogP contribution in [0.3, 0.4) is 0 Å². The van der Waals surface area contributed by atoms with Gasteiger partial charge in [0, 0.05) is 24.2 Å². The number of nitrogen functional groups attached to an aromatic ring is 1. The maximum Gasteiger partial charge on any atom is 0.276 e. The molecule has 1 aliphatic heterocycles. The molecule has 1 aliphatic rings. The van der Waals surface area contributed by atoms with Crippen LogP contribution in [-0.4, -0.2) is 44.4 Å². The van der Waals surface area contributed by atoms with Crippen LogP contribution in [0.2, 0.25) is 0 Å². The van der Waals surface area contributed by atoms with Gasteiger partial charge in [-0.05, 0) is 18.2 Å². The zero-order chi connectivity index (χ0) is 26.0. The predicted octanol–water partition coefficient (Wildman–Crippen LogP) is 2.86. The summed E-state index contributed by atoms with van der Waals surface area (Å²) >= 11 is 0. The molecule has 0 saturated carbocycles. The number of nitrogens with two attached hydrogens (primary N) is 1. The first kappa shape index (κ1) is 25.1. The highest BCUT2D eigenvalue weighted by Gasteiger charge is 2.38. The number of aromatic nitrogens is 2. The molecular weight excluding hydrogens is 479 g/mol. The number of nitrogens with one attached hydrogen (secondary N) is 1. The molecular formula is C24H20F3N5O4. The molecule has 3 heterocycles. The lowest BCUT2D eigenvalue weighted by Crippen LogP contribution is -2.45. The third-order valence-corrected chi connectivity index (χ3v) is 5.73. The number of ether oxygens (including phenoxy) is 1. The molecule has 1 aromatic carbocycles. The fourth-order valence-corrected chi connectivity index (χ4v) is 3.97. The molecule has 9 nitrogen and oxygen atoms in total. The SMILES string of the molecule is N#CCC1OC(c2ccncc2NC(=O)c2nc(-c3c(F)cccc3F)c(F)cc2N)CC(O)C1O. The Balaban J connectivity index is 1.66. The van der Waals surface area contributed by atoms with E-state index in [0.717, 1.165) is 24.3 Å². The van der Waals surface area contributed by atoms with Crippen molar-refractivity contribution in [2.24, 2.45) is 0 Å². The minimum Gasteiger partial charge on any atom is -0.397 e. The zero-order valence-corrected chi connectivity index (χ0v) is 18.5. The van der Waals surface area contributed by atoms with Gasteiger partial charge in [0.2, 0.25) is 0 Å². The normalized spacial score (nSPS) is 21.6. The summed E-state index contributed by atoms with van der Waals surface area (Å²) in [6.45, 7) is 0. The quantitative estimate of drug-likeness (QED) is 0.418. The van der Waals surface area contributed by atoms with Crippen LogP contribution >= 0.6 is 0 Å². The number of halogens is 3. The summed E-state index contributed by atoms with van der Waals surface area (Å²) in [5, 5.41) is 31.8. The molecule has 186 valence electrons. The first-order valence-electron chi connectivity index (χ1n) is 10.8. The van der Waals surface area contributed by atoms with Crippen molar-refractivity contribution in [1.29, 1.82) is 5.26 Å². The van der Waals surface area contributed by atoms with Crippen molar-refractivity contribution in [2.45, 2.75) is 37.3 Å². The Morgan fingerprint density at radius 3 is 2.64 bits per heavy atom. The molecule has 1 fully saturated rings. The Morgan fingerprint density at radius 1 is 1.22 bits per heavy atom. The van der Waals surface area contributed by atoms with Crippen molar-refractivity contribution < 1.29 is 32.9 Å². The van der Waals surface area contributed by atoms with Gasteiger partial charge >= 0.3 is 0 Å². The molecule has 3 aromatic rings. The number of pyridine rings is 2. The fourth-order valence-electron chi connectivity index (χ4n) is 3.97. The predicted molar refractivity (Wildman–Crippen MR) is 121 cm³/mol. The summed E-state index contributed by atoms with van der Waals surface area (Å²) < 4.78 is 48.8. The molecule has 36 heavy (non-hydrogen) atoms. The van der Waals surface area contributed by atoms with E-state index in [4.69, 9.17) is 15.7 Å². The van der Waals surface area contributed by atoms with E-state index >= 15 is 0 Å². The Labute approximate surface area is 203 Å². The largest absolute Gasteiger partial charge is 0.397 e. The smallest absolute Gasteiger partial charge is 0.276 e. The minimum absolute atomic E-state index is 0.0381. The third kappa shape index (κ3) is 4.85. The number of aliphatic hydroxyl groups is 2. The van der Waals surface area contributed by atoms with Crippen LogP contribution < -0.4 is 11.1 Å². The molecule has 0 radical (unpaired) electrons. The van der Waals surface area contributed by atoms with E-state index in [2.05, 4.69) is 15.3 Å². The zero-order valence-electron chi connectivity index (χ0n) is 18.5. The number of aliphatic hydroxyl groups excluding tert-OH is 2. The average molecular weight is 499 g/mol. The summed E-state index contributed by atoms with van der Waals surface area (Å²) in [4.78, 5) is 20.8. The number of hydrogen-bond acceptors (Lipinski definition) is 8. The number of carbonyl (C=O) groups is 1. The highest BCUT2D eigenvalue weighted by molar-refractivity contribution is 6.06. The summed E-state index contributed by atoms with van der Waals surface area (Å²) in [5.41, 5.74) is 3.92. The van der Waals surface area contributed by atoms with Crippen LogP contribution in [0, 0.1) is 28.8 Å². The topological polar surface area (TPSA) is 154 Å². The van der Waals surface area contributed by atoms with Crippen molar-refractivity contribution in [3.63, 3.8) is 0 Å². The maximum absolute atomic E-state index is 14.5. The molecule has 0 spiro atoms. The lowest BCUT2D eigenvalue weighted by molar-refractivity contribution is -0.168. The fraction of sp³-hybridized carbons (Fsp3) is 0.250. The molecule has 1 amide bonds. The van der Waals surface area contributed by atoms with Crippen LogP contribution in [0.5, 0.6) is 0 Å². The second kappa shape index (κ2) is 10.3. The van der Waals surface area contributed by atoms with Gasteiger partial charge in [-0.2, -0.15) is 5.26 Å². The van der Waals surface area contributed by atoms with Crippen LogP contribution in [0.1, 0.15) is 35.0 Å². The monoisotopic (exact) mass is 499 g/mol. The van der Waals surface area contributed by atoms with Crippen molar-refractivity contribution in [1.82, 2.24) is 9.97 Å². The van der Waals surface area contributed by atoms with E-state index in [1.165, 1.54) is 18.5 Å². The van der Waals surface area contributed by atoms with E-state index in [0.29, 0.717) is 5.56 Å². The standard InChI is InChI=1S/C24H20F3N5O4/c25-12-2-1-3-13(26)20(12)21-14(27)8-15(29)22(32-21)24(35)31-16-10-30-7-5-11(16)19-9-17(33)23(34)18(36-19)4-6-28/h1-3,5,7-8,10,17-19,23,33-34H,4,9,29H2,(H,31,35). The second-order valence-electron chi connectivity index (χ2n) is 8.09. The van der Waals surface area contributed by atoms with E-state index in [1.807, 2.05) is 6.07 Å². The third-order valence-electron chi connectivity index (χ3n) is 5.73. The number of nitriles is 1. The number of rotatable bonds is 5.